The zero-order valence-corrected chi connectivity index (χ0v) is 28.6. The maximum Gasteiger partial charge on any atom is 0.135 e. The molecule has 53 heavy (non-hydrogen) atoms. The third kappa shape index (κ3) is 4.16. The zero-order valence-electron chi connectivity index (χ0n) is 28.6. The van der Waals surface area contributed by atoms with Gasteiger partial charge in [-0.3, -0.25) is 0 Å². The summed E-state index contributed by atoms with van der Waals surface area (Å²) in [6.45, 7) is 0. The van der Waals surface area contributed by atoms with Crippen molar-refractivity contribution in [3.63, 3.8) is 0 Å². The van der Waals surface area contributed by atoms with Crippen LogP contribution in [0.1, 0.15) is 0 Å². The fourth-order valence-electron chi connectivity index (χ4n) is 8.76. The summed E-state index contributed by atoms with van der Waals surface area (Å²) in [6, 6.07) is 66.1. The maximum atomic E-state index is 6.18. The van der Waals surface area contributed by atoms with E-state index in [-0.39, 0.29) is 0 Å². The molecule has 2 aromatic heterocycles. The van der Waals surface area contributed by atoms with Gasteiger partial charge in [0.15, 0.2) is 0 Å². The van der Waals surface area contributed by atoms with Gasteiger partial charge in [0.2, 0.25) is 0 Å². The summed E-state index contributed by atoms with van der Waals surface area (Å²) < 4.78 is 8.58. The van der Waals surface area contributed by atoms with E-state index in [1.807, 2.05) is 12.1 Å². The van der Waals surface area contributed by atoms with Crippen molar-refractivity contribution in [2.24, 2.45) is 0 Å². The second kappa shape index (κ2) is 10.7. The molecule has 0 saturated heterocycles. The fourth-order valence-corrected chi connectivity index (χ4v) is 8.76. The van der Waals surface area contributed by atoms with Crippen molar-refractivity contribution in [1.29, 1.82) is 0 Å². The third-order valence-electron chi connectivity index (χ3n) is 11.2. The number of aromatic nitrogens is 1. The predicted octanol–water partition coefficient (Wildman–Crippen LogP) is 14.1. The smallest absolute Gasteiger partial charge is 0.135 e. The lowest BCUT2D eigenvalue weighted by molar-refractivity contribution is 0.669. The van der Waals surface area contributed by atoms with Gasteiger partial charge in [-0.2, -0.15) is 0 Å². The third-order valence-corrected chi connectivity index (χ3v) is 11.2. The Morgan fingerprint density at radius 2 is 0.868 bits per heavy atom. The van der Waals surface area contributed by atoms with Crippen molar-refractivity contribution in [2.45, 2.75) is 0 Å². The summed E-state index contributed by atoms with van der Waals surface area (Å²) in [5, 5.41) is 9.78. The standard InChI is InChI=1S/C50H30N2O/c1-2-10-35(11-3-1)51(38-22-23-50-46(30-38)41-14-6-9-17-49(41)53-50)36-20-18-31-26-42-43-27-32-19-21-37(25-34(32)29-45(43)44(42)28-33(31)24-36)52-47-15-7-4-12-39(47)40-13-5-8-16-48(40)52/h1-30H. The van der Waals surface area contributed by atoms with Crippen LogP contribution in [-0.4, -0.2) is 4.57 Å². The average Bonchev–Trinajstić information content (AvgIpc) is 3.75. The van der Waals surface area contributed by atoms with E-state index >= 15 is 0 Å². The minimum Gasteiger partial charge on any atom is -0.456 e. The Morgan fingerprint density at radius 1 is 0.340 bits per heavy atom. The van der Waals surface area contributed by atoms with Crippen molar-refractivity contribution < 1.29 is 4.42 Å². The van der Waals surface area contributed by atoms with Gasteiger partial charge in [0.25, 0.3) is 0 Å². The molecule has 2 heterocycles. The molecule has 0 unspecified atom stereocenters. The van der Waals surface area contributed by atoms with Crippen LogP contribution in [0.15, 0.2) is 186 Å². The second-order valence-electron chi connectivity index (χ2n) is 14.2. The van der Waals surface area contributed by atoms with Crippen LogP contribution in [0.4, 0.5) is 17.1 Å². The molecule has 0 saturated carbocycles. The molecule has 246 valence electrons. The van der Waals surface area contributed by atoms with E-state index in [9.17, 15) is 0 Å². The number of furan rings is 1. The molecule has 1 aliphatic rings. The Kier molecular flexibility index (Phi) is 5.77. The summed E-state index contributed by atoms with van der Waals surface area (Å²) in [6.07, 6.45) is 0. The van der Waals surface area contributed by atoms with Crippen LogP contribution >= 0.6 is 0 Å². The van der Waals surface area contributed by atoms with Crippen LogP contribution in [0, 0.1) is 0 Å². The molecular weight excluding hydrogens is 645 g/mol. The Hall–Kier alpha value is -7.10. The molecule has 0 fully saturated rings. The number of anilines is 3. The Balaban J connectivity index is 0.977. The molecule has 0 N–H and O–H groups in total. The summed E-state index contributed by atoms with van der Waals surface area (Å²) >= 11 is 0. The summed E-state index contributed by atoms with van der Waals surface area (Å²) in [5.41, 5.74) is 14.0. The average molecular weight is 675 g/mol. The molecule has 0 amide bonds. The number of hydrogen-bond acceptors (Lipinski definition) is 2. The molecule has 9 aromatic carbocycles. The van der Waals surface area contributed by atoms with Crippen molar-refractivity contribution in [2.75, 3.05) is 4.90 Å². The molecular formula is C50H30N2O. The van der Waals surface area contributed by atoms with Crippen LogP contribution in [0.25, 0.3) is 93.2 Å². The highest BCUT2D eigenvalue weighted by Crippen LogP contribution is 2.51. The van der Waals surface area contributed by atoms with E-state index in [0.29, 0.717) is 0 Å². The van der Waals surface area contributed by atoms with Gasteiger partial charge >= 0.3 is 0 Å². The van der Waals surface area contributed by atoms with E-state index in [0.717, 1.165) is 39.0 Å². The number of fused-ring (bicyclic) bond motifs is 12. The highest BCUT2D eigenvalue weighted by Gasteiger charge is 2.25. The summed E-state index contributed by atoms with van der Waals surface area (Å²) in [7, 11) is 0. The second-order valence-corrected chi connectivity index (χ2v) is 14.2. The lowest BCUT2D eigenvalue weighted by Crippen LogP contribution is -2.09. The van der Waals surface area contributed by atoms with Crippen LogP contribution in [-0.2, 0) is 0 Å². The summed E-state index contributed by atoms with van der Waals surface area (Å²) in [4.78, 5) is 2.34. The van der Waals surface area contributed by atoms with Crippen LogP contribution in [0.3, 0.4) is 0 Å². The van der Waals surface area contributed by atoms with E-state index in [4.69, 9.17) is 4.42 Å². The van der Waals surface area contributed by atoms with E-state index in [1.165, 1.54) is 71.3 Å². The lowest BCUT2D eigenvalue weighted by atomic mass is 9.78. The molecule has 0 spiro atoms. The Labute approximate surface area is 305 Å². The molecule has 0 radical (unpaired) electrons. The molecule has 11 aromatic rings. The van der Waals surface area contributed by atoms with Gasteiger partial charge in [0.1, 0.15) is 11.2 Å². The Bertz CT molecular complexity index is 3240. The minimum atomic E-state index is 0.897. The van der Waals surface area contributed by atoms with Gasteiger partial charge in [-0.15, -0.1) is 0 Å². The van der Waals surface area contributed by atoms with Crippen LogP contribution in [0.5, 0.6) is 0 Å². The van der Waals surface area contributed by atoms with Gasteiger partial charge < -0.3 is 13.9 Å². The largest absolute Gasteiger partial charge is 0.456 e. The molecule has 3 nitrogen and oxygen atoms in total. The summed E-state index contributed by atoms with van der Waals surface area (Å²) in [5.74, 6) is 0. The van der Waals surface area contributed by atoms with Crippen molar-refractivity contribution in [3.05, 3.63) is 182 Å². The zero-order chi connectivity index (χ0) is 34.6. The van der Waals surface area contributed by atoms with Crippen molar-refractivity contribution >= 4 is 82.4 Å². The number of hydrogen-bond donors (Lipinski definition) is 0. The molecule has 12 rings (SSSR count). The van der Waals surface area contributed by atoms with Gasteiger partial charge in [-0.1, -0.05) is 84.9 Å². The first-order valence-corrected chi connectivity index (χ1v) is 18.2. The highest BCUT2D eigenvalue weighted by atomic mass is 16.3. The predicted molar refractivity (Wildman–Crippen MR) is 222 cm³/mol. The van der Waals surface area contributed by atoms with Gasteiger partial charge in [-0.25, -0.2) is 0 Å². The lowest BCUT2D eigenvalue weighted by Gasteiger charge is -2.28. The van der Waals surface area contributed by atoms with E-state index in [2.05, 4.69) is 179 Å². The van der Waals surface area contributed by atoms with Crippen LogP contribution in [0.2, 0.25) is 0 Å². The maximum absolute atomic E-state index is 6.18. The SMILES string of the molecule is c1ccc(N(c2ccc3cc4c(cc3c2)-c2cc3cc(-n5c6ccccc6c6ccccc65)ccc3cc2-4)c2ccc3oc4ccccc4c3c2)cc1. The number of nitrogens with zero attached hydrogens (tertiary/aromatic N) is 2. The highest BCUT2D eigenvalue weighted by molar-refractivity contribution is 6.13. The Morgan fingerprint density at radius 3 is 1.58 bits per heavy atom. The molecule has 0 atom stereocenters. The normalized spacial score (nSPS) is 12.2. The van der Waals surface area contributed by atoms with E-state index in [1.54, 1.807) is 0 Å². The molecule has 3 heteroatoms. The topological polar surface area (TPSA) is 21.3 Å². The number of rotatable bonds is 4. The van der Waals surface area contributed by atoms with Crippen LogP contribution < -0.4 is 4.90 Å². The van der Waals surface area contributed by atoms with Gasteiger partial charge in [-0.05, 0) is 141 Å². The first kappa shape index (κ1) is 28.6. The van der Waals surface area contributed by atoms with Crippen molar-refractivity contribution in [3.8, 4) is 27.9 Å². The quantitative estimate of drug-likeness (QED) is 0.185. The monoisotopic (exact) mass is 674 g/mol. The minimum absolute atomic E-state index is 0.897. The van der Waals surface area contributed by atoms with Crippen molar-refractivity contribution in [1.82, 2.24) is 4.57 Å². The number of benzene rings is 9. The van der Waals surface area contributed by atoms with E-state index < -0.39 is 0 Å². The molecule has 0 aliphatic heterocycles. The molecule has 0 bridgehead atoms. The van der Waals surface area contributed by atoms with Gasteiger partial charge in [0.05, 0.1) is 11.0 Å². The first-order chi connectivity index (χ1) is 26.2. The first-order valence-electron chi connectivity index (χ1n) is 18.2. The number of para-hydroxylation sites is 4. The molecule has 1 aliphatic carbocycles. The fraction of sp³-hybridized carbons (Fsp3) is 0. The van der Waals surface area contributed by atoms with Gasteiger partial charge in [0, 0.05) is 44.3 Å².